The van der Waals surface area contributed by atoms with Crippen LogP contribution in [0.25, 0.3) is 11.2 Å². The van der Waals surface area contributed by atoms with E-state index in [1.807, 2.05) is 19.9 Å². The maximum absolute atomic E-state index is 13.6. The number of benzene rings is 1. The summed E-state index contributed by atoms with van der Waals surface area (Å²) in [6, 6.07) is 8.92. The minimum absolute atomic E-state index is 0.102. The van der Waals surface area contributed by atoms with E-state index in [0.717, 1.165) is 35.8 Å². The Balaban J connectivity index is 1.83. The number of allylic oxidation sites excluding steroid dienone is 2. The zero-order valence-electron chi connectivity index (χ0n) is 20.6. The fourth-order valence-corrected chi connectivity index (χ4v) is 4.62. The lowest BCUT2D eigenvalue weighted by Crippen LogP contribution is -2.41. The molecule has 1 saturated carbocycles. The maximum atomic E-state index is 13.6. The number of fused-ring (bicyclic) bond motifs is 1. The Morgan fingerprint density at radius 3 is 2.54 bits per heavy atom. The van der Waals surface area contributed by atoms with Crippen molar-refractivity contribution in [2.75, 3.05) is 6.54 Å². The first kappa shape index (κ1) is 24.7. The average Bonchev–Trinajstić information content (AvgIpc) is 3.23. The number of carbonyl (C=O) groups is 1. The van der Waals surface area contributed by atoms with Crippen LogP contribution in [0.2, 0.25) is 0 Å². The van der Waals surface area contributed by atoms with Gasteiger partial charge in [0.25, 0.3) is 11.6 Å². The van der Waals surface area contributed by atoms with E-state index in [1.165, 1.54) is 4.57 Å². The summed E-state index contributed by atoms with van der Waals surface area (Å²) in [6.45, 7) is 4.46. The van der Waals surface area contributed by atoms with Crippen LogP contribution in [-0.4, -0.2) is 37.1 Å². The largest absolute Gasteiger partial charge is 0.461 e. The van der Waals surface area contributed by atoms with Crippen LogP contribution >= 0.6 is 0 Å². The molecule has 9 nitrogen and oxygen atoms in total. The molecule has 0 bridgehead atoms. The fraction of sp³-hybridized carbons (Fsp3) is 0.462. The first-order valence-electron chi connectivity index (χ1n) is 12.1. The summed E-state index contributed by atoms with van der Waals surface area (Å²) in [7, 11) is 1.55. The van der Waals surface area contributed by atoms with Crippen molar-refractivity contribution >= 4 is 16.9 Å². The third kappa shape index (κ3) is 5.00. The first-order chi connectivity index (χ1) is 16.8. The van der Waals surface area contributed by atoms with Crippen LogP contribution in [0.3, 0.4) is 0 Å². The van der Waals surface area contributed by atoms with E-state index in [-0.39, 0.29) is 35.5 Å². The Bertz CT molecular complexity index is 1360. The van der Waals surface area contributed by atoms with E-state index in [2.05, 4.69) is 4.98 Å². The molecule has 186 valence electrons. The van der Waals surface area contributed by atoms with Crippen LogP contribution in [0.1, 0.15) is 49.9 Å². The molecule has 0 saturated heterocycles. The van der Waals surface area contributed by atoms with Gasteiger partial charge < -0.3 is 10.5 Å². The van der Waals surface area contributed by atoms with Crippen LogP contribution in [0, 0.1) is 5.92 Å². The molecule has 1 aliphatic rings. The van der Waals surface area contributed by atoms with Crippen molar-refractivity contribution in [1.29, 1.82) is 0 Å². The maximum Gasteiger partial charge on any atom is 0.332 e. The van der Waals surface area contributed by atoms with Gasteiger partial charge in [0.1, 0.15) is 6.10 Å². The second kappa shape index (κ2) is 10.4. The molecule has 2 N–H and O–H groups in total. The number of ether oxygens (including phenoxy) is 1. The molecule has 2 aromatic heterocycles. The predicted molar refractivity (Wildman–Crippen MR) is 135 cm³/mol. The number of rotatable bonds is 8. The molecule has 9 heteroatoms. The minimum atomic E-state index is -0.595. The lowest BCUT2D eigenvalue weighted by molar-refractivity contribution is 0.0841. The second-order valence-electron chi connectivity index (χ2n) is 9.42. The SMILES string of the molecule is CC(C)=CCn1c(OC2CCCCC2CN)nc2c1c(=O)n(CC(=O)c1ccccc1)c(=O)n2C. The van der Waals surface area contributed by atoms with Gasteiger partial charge >= 0.3 is 5.69 Å². The van der Waals surface area contributed by atoms with Crippen molar-refractivity contribution < 1.29 is 9.53 Å². The summed E-state index contributed by atoms with van der Waals surface area (Å²) in [4.78, 5) is 44.1. The summed E-state index contributed by atoms with van der Waals surface area (Å²) < 4.78 is 10.3. The normalized spacial score (nSPS) is 17.9. The number of carbonyl (C=O) groups excluding carboxylic acids is 1. The lowest BCUT2D eigenvalue weighted by Gasteiger charge is -2.30. The molecular formula is C26H33N5O4. The van der Waals surface area contributed by atoms with Crippen molar-refractivity contribution in [3.63, 3.8) is 0 Å². The zero-order chi connectivity index (χ0) is 25.1. The highest BCUT2D eigenvalue weighted by Crippen LogP contribution is 2.29. The molecule has 3 aromatic rings. The van der Waals surface area contributed by atoms with Crippen LogP contribution < -0.4 is 21.7 Å². The number of nitrogens with two attached hydrogens (primary N) is 1. The third-order valence-electron chi connectivity index (χ3n) is 6.68. The zero-order valence-corrected chi connectivity index (χ0v) is 20.6. The summed E-state index contributed by atoms with van der Waals surface area (Å²) >= 11 is 0. The molecule has 1 fully saturated rings. The second-order valence-corrected chi connectivity index (χ2v) is 9.42. The first-order valence-corrected chi connectivity index (χ1v) is 12.1. The van der Waals surface area contributed by atoms with Gasteiger partial charge in [-0.15, -0.1) is 0 Å². The van der Waals surface area contributed by atoms with Gasteiger partial charge in [-0.3, -0.25) is 23.3 Å². The van der Waals surface area contributed by atoms with E-state index in [4.69, 9.17) is 10.5 Å². The lowest BCUT2D eigenvalue weighted by atomic mass is 9.86. The van der Waals surface area contributed by atoms with E-state index in [9.17, 15) is 14.4 Å². The average molecular weight is 480 g/mol. The van der Waals surface area contributed by atoms with E-state index in [1.54, 1.807) is 41.9 Å². The highest BCUT2D eigenvalue weighted by Gasteiger charge is 2.29. The standard InChI is InChI=1S/C26H33N5O4/c1-17(2)13-14-30-22-23(28-25(30)35-21-12-8-7-11-19(21)15-27)29(3)26(34)31(24(22)33)16-20(32)18-9-5-4-6-10-18/h4-6,9-10,13,19,21H,7-8,11-12,14-16,27H2,1-3H3. The number of ketones is 1. The van der Waals surface area contributed by atoms with Crippen molar-refractivity contribution in [3.8, 4) is 6.01 Å². The van der Waals surface area contributed by atoms with Crippen LogP contribution in [0.5, 0.6) is 6.01 Å². The minimum Gasteiger partial charge on any atom is -0.461 e. The van der Waals surface area contributed by atoms with Gasteiger partial charge in [-0.2, -0.15) is 4.98 Å². The van der Waals surface area contributed by atoms with Crippen molar-refractivity contribution in [2.45, 2.75) is 58.7 Å². The van der Waals surface area contributed by atoms with Gasteiger partial charge in [0.05, 0.1) is 6.54 Å². The highest BCUT2D eigenvalue weighted by molar-refractivity contribution is 5.95. The molecule has 35 heavy (non-hydrogen) atoms. The van der Waals surface area contributed by atoms with E-state index >= 15 is 0 Å². The van der Waals surface area contributed by atoms with Crippen molar-refractivity contribution in [3.05, 3.63) is 68.4 Å². The summed E-state index contributed by atoms with van der Waals surface area (Å²) in [6.07, 6.45) is 5.88. The van der Waals surface area contributed by atoms with Crippen LogP contribution in [0.4, 0.5) is 0 Å². The van der Waals surface area contributed by atoms with Crippen molar-refractivity contribution in [2.24, 2.45) is 18.7 Å². The molecule has 0 aliphatic heterocycles. The topological polar surface area (TPSA) is 114 Å². The van der Waals surface area contributed by atoms with Gasteiger partial charge in [0, 0.05) is 25.1 Å². The number of hydrogen-bond donors (Lipinski definition) is 1. The van der Waals surface area contributed by atoms with E-state index in [0.29, 0.717) is 24.7 Å². The van der Waals surface area contributed by atoms with Gasteiger partial charge in [0.15, 0.2) is 16.9 Å². The number of aromatic nitrogens is 4. The van der Waals surface area contributed by atoms with Gasteiger partial charge in [-0.05, 0) is 39.7 Å². The number of aryl methyl sites for hydroxylation is 1. The Kier molecular flexibility index (Phi) is 7.35. The predicted octanol–water partition coefficient (Wildman–Crippen LogP) is 2.64. The van der Waals surface area contributed by atoms with E-state index < -0.39 is 11.2 Å². The quantitative estimate of drug-likeness (QED) is 0.392. The Labute approximate surface area is 203 Å². The molecular weight excluding hydrogens is 446 g/mol. The molecule has 2 atom stereocenters. The molecule has 2 heterocycles. The molecule has 1 aromatic carbocycles. The van der Waals surface area contributed by atoms with Crippen LogP contribution in [0.15, 0.2) is 51.6 Å². The number of Topliss-reactive ketones (excluding diaryl/α,β-unsaturated/α-hetero) is 1. The Hall–Kier alpha value is -3.46. The Morgan fingerprint density at radius 1 is 1.14 bits per heavy atom. The highest BCUT2D eigenvalue weighted by atomic mass is 16.5. The van der Waals surface area contributed by atoms with Gasteiger partial charge in [-0.25, -0.2) is 4.79 Å². The fourth-order valence-electron chi connectivity index (χ4n) is 4.62. The number of nitrogens with zero attached hydrogens (tertiary/aromatic N) is 4. The van der Waals surface area contributed by atoms with Crippen molar-refractivity contribution in [1.82, 2.24) is 18.7 Å². The van der Waals surface area contributed by atoms with Gasteiger partial charge in [0.2, 0.25) is 0 Å². The smallest absolute Gasteiger partial charge is 0.332 e. The number of imidazole rings is 1. The Morgan fingerprint density at radius 2 is 1.86 bits per heavy atom. The summed E-state index contributed by atoms with van der Waals surface area (Å²) in [5.74, 6) is -0.103. The molecule has 0 radical (unpaired) electrons. The monoisotopic (exact) mass is 479 g/mol. The van der Waals surface area contributed by atoms with Gasteiger partial charge in [-0.1, -0.05) is 48.4 Å². The van der Waals surface area contributed by atoms with Crippen LogP contribution in [-0.2, 0) is 20.1 Å². The third-order valence-corrected chi connectivity index (χ3v) is 6.68. The molecule has 1 aliphatic carbocycles. The summed E-state index contributed by atoms with van der Waals surface area (Å²) in [5, 5.41) is 0. The summed E-state index contributed by atoms with van der Waals surface area (Å²) in [5.41, 5.74) is 6.82. The molecule has 2 unspecified atom stereocenters. The molecule has 0 amide bonds. The molecule has 0 spiro atoms. The molecule has 4 rings (SSSR count). The number of hydrogen-bond acceptors (Lipinski definition) is 6.